The first kappa shape index (κ1) is 22.0. The SMILES string of the molecule is Cc1cnc2n1C=C([C@](C)(O)C(F)(F)F)NC2.c1cnc(NC2CCCNC2)cn1. The van der Waals surface area contributed by atoms with Crippen molar-refractivity contribution in [3.05, 3.63) is 42.0 Å². The quantitative estimate of drug-likeness (QED) is 0.597. The summed E-state index contributed by atoms with van der Waals surface area (Å²) >= 11 is 0. The molecule has 0 aliphatic carbocycles. The average molecular weight is 425 g/mol. The normalized spacial score (nSPS) is 20.6. The molecule has 1 unspecified atom stereocenters. The summed E-state index contributed by atoms with van der Waals surface area (Å²) in [5.41, 5.74) is -2.45. The smallest absolute Gasteiger partial charge is 0.377 e. The highest BCUT2D eigenvalue weighted by Gasteiger charge is 2.53. The van der Waals surface area contributed by atoms with Crippen molar-refractivity contribution in [2.45, 2.75) is 51.1 Å². The first-order valence-electron chi connectivity index (χ1n) is 9.69. The van der Waals surface area contributed by atoms with Gasteiger partial charge in [-0.2, -0.15) is 13.2 Å². The summed E-state index contributed by atoms with van der Waals surface area (Å²) in [6.45, 7) is 4.78. The number of imidazole rings is 1. The van der Waals surface area contributed by atoms with Gasteiger partial charge in [0.15, 0.2) is 5.60 Å². The van der Waals surface area contributed by atoms with Crippen molar-refractivity contribution in [1.29, 1.82) is 0 Å². The Balaban J connectivity index is 0.000000177. The molecule has 2 aromatic heterocycles. The first-order valence-corrected chi connectivity index (χ1v) is 9.69. The van der Waals surface area contributed by atoms with E-state index in [-0.39, 0.29) is 12.2 Å². The van der Waals surface area contributed by atoms with Crippen LogP contribution in [0.15, 0.2) is 30.5 Å². The number of hydrogen-bond acceptors (Lipinski definition) is 7. The summed E-state index contributed by atoms with van der Waals surface area (Å²) in [6, 6.07) is 0.505. The number of fused-ring (bicyclic) bond motifs is 1. The van der Waals surface area contributed by atoms with Crippen molar-refractivity contribution in [2.75, 3.05) is 18.4 Å². The van der Waals surface area contributed by atoms with Crippen LogP contribution in [0.5, 0.6) is 0 Å². The van der Waals surface area contributed by atoms with Crippen molar-refractivity contribution in [3.8, 4) is 0 Å². The fraction of sp³-hybridized carbons (Fsp3) is 0.526. The third-order valence-electron chi connectivity index (χ3n) is 5.04. The van der Waals surface area contributed by atoms with E-state index in [4.69, 9.17) is 0 Å². The highest BCUT2D eigenvalue weighted by Crippen LogP contribution is 2.36. The number of nitrogens with zero attached hydrogens (tertiary/aromatic N) is 4. The van der Waals surface area contributed by atoms with E-state index in [1.807, 2.05) is 0 Å². The molecule has 0 bridgehead atoms. The van der Waals surface area contributed by atoms with Crippen molar-refractivity contribution < 1.29 is 18.3 Å². The minimum atomic E-state index is -4.72. The van der Waals surface area contributed by atoms with Gasteiger partial charge < -0.3 is 25.6 Å². The van der Waals surface area contributed by atoms with Gasteiger partial charge in [-0.05, 0) is 33.2 Å². The molecule has 164 valence electrons. The maximum Gasteiger partial charge on any atom is 0.422 e. The summed E-state index contributed by atoms with van der Waals surface area (Å²) < 4.78 is 39.5. The minimum absolute atomic E-state index is 0.159. The van der Waals surface area contributed by atoms with E-state index in [0.29, 0.717) is 11.9 Å². The molecule has 2 aliphatic heterocycles. The van der Waals surface area contributed by atoms with Crippen LogP contribution in [0.2, 0.25) is 0 Å². The van der Waals surface area contributed by atoms with Crippen LogP contribution in [0.1, 0.15) is 31.3 Å². The van der Waals surface area contributed by atoms with Gasteiger partial charge in [0.2, 0.25) is 0 Å². The number of hydrogen-bond donors (Lipinski definition) is 4. The number of anilines is 1. The Labute approximate surface area is 172 Å². The highest BCUT2D eigenvalue weighted by molar-refractivity contribution is 5.41. The molecule has 8 nitrogen and oxygen atoms in total. The van der Waals surface area contributed by atoms with Crippen LogP contribution in [-0.4, -0.2) is 55.5 Å². The fourth-order valence-electron chi connectivity index (χ4n) is 3.16. The monoisotopic (exact) mass is 425 g/mol. The van der Waals surface area contributed by atoms with Gasteiger partial charge in [-0.1, -0.05) is 0 Å². The number of halogens is 3. The van der Waals surface area contributed by atoms with Crippen LogP contribution in [-0.2, 0) is 6.54 Å². The Hall–Kier alpha value is -2.66. The van der Waals surface area contributed by atoms with Crippen molar-refractivity contribution in [3.63, 3.8) is 0 Å². The number of rotatable bonds is 3. The van der Waals surface area contributed by atoms with Gasteiger partial charge in [-0.3, -0.25) is 4.98 Å². The van der Waals surface area contributed by atoms with Crippen molar-refractivity contribution >= 4 is 12.0 Å². The van der Waals surface area contributed by atoms with Gasteiger partial charge in [0.25, 0.3) is 0 Å². The fourth-order valence-corrected chi connectivity index (χ4v) is 3.16. The van der Waals surface area contributed by atoms with Crippen LogP contribution in [0, 0.1) is 6.92 Å². The van der Waals surface area contributed by atoms with Crippen LogP contribution in [0.4, 0.5) is 19.0 Å². The van der Waals surface area contributed by atoms with E-state index in [1.165, 1.54) is 23.6 Å². The van der Waals surface area contributed by atoms with Gasteiger partial charge in [0, 0.05) is 43.1 Å². The van der Waals surface area contributed by atoms with Gasteiger partial charge in [0.1, 0.15) is 11.6 Å². The maximum absolute atomic E-state index is 12.7. The van der Waals surface area contributed by atoms with Gasteiger partial charge in [-0.15, -0.1) is 0 Å². The van der Waals surface area contributed by atoms with Gasteiger partial charge >= 0.3 is 6.18 Å². The molecule has 0 aromatic carbocycles. The molecule has 1 fully saturated rings. The van der Waals surface area contributed by atoms with E-state index in [9.17, 15) is 18.3 Å². The molecule has 0 spiro atoms. The summed E-state index contributed by atoms with van der Waals surface area (Å²) in [6.07, 6.45) is 5.67. The van der Waals surface area contributed by atoms with E-state index in [0.717, 1.165) is 31.5 Å². The second-order valence-electron chi connectivity index (χ2n) is 7.43. The largest absolute Gasteiger partial charge is 0.422 e. The molecule has 4 rings (SSSR count). The lowest BCUT2D eigenvalue weighted by Gasteiger charge is -2.31. The molecule has 30 heavy (non-hydrogen) atoms. The predicted molar refractivity (Wildman–Crippen MR) is 106 cm³/mol. The number of aliphatic hydroxyl groups is 1. The molecular weight excluding hydrogens is 399 g/mol. The van der Waals surface area contributed by atoms with E-state index in [2.05, 4.69) is 30.9 Å². The molecule has 2 aromatic rings. The lowest BCUT2D eigenvalue weighted by atomic mass is 10.0. The molecule has 4 heterocycles. The van der Waals surface area contributed by atoms with Gasteiger partial charge in [-0.25, -0.2) is 9.97 Å². The molecule has 2 atom stereocenters. The van der Waals surface area contributed by atoms with Crippen LogP contribution in [0.25, 0.3) is 6.20 Å². The zero-order chi connectivity index (χ0) is 21.8. The van der Waals surface area contributed by atoms with E-state index in [1.54, 1.807) is 31.7 Å². The Morgan fingerprint density at radius 2 is 2.03 bits per heavy atom. The molecule has 2 aliphatic rings. The first-order chi connectivity index (χ1) is 14.2. The summed E-state index contributed by atoms with van der Waals surface area (Å²) in [5, 5.41) is 18.8. The number of alkyl halides is 3. The van der Waals surface area contributed by atoms with Gasteiger partial charge in [0.05, 0.1) is 18.4 Å². The lowest BCUT2D eigenvalue weighted by molar-refractivity contribution is -0.238. The second-order valence-corrected chi connectivity index (χ2v) is 7.43. The van der Waals surface area contributed by atoms with Crippen molar-refractivity contribution in [2.24, 2.45) is 0 Å². The predicted octanol–water partition coefficient (Wildman–Crippen LogP) is 2.05. The van der Waals surface area contributed by atoms with Crippen LogP contribution < -0.4 is 16.0 Å². The standard InChI is InChI=1S/C10H12F3N3O.C9H14N4/c1-6-3-15-8-4-14-7(5-16(6)8)9(2,17)10(11,12)13;1-2-8(6-10-3-1)13-9-7-11-4-5-12-9/h3,5,14,17H,4H2,1-2H3;4-5,7-8,10H,1-3,6H2,(H,12,13)/t9-;/m0./s1. The number of piperidine rings is 1. The zero-order valence-corrected chi connectivity index (χ0v) is 16.9. The Morgan fingerprint density at radius 3 is 2.67 bits per heavy atom. The molecular formula is C19H26F3N7O. The summed E-state index contributed by atoms with van der Waals surface area (Å²) in [5.74, 6) is 1.49. The van der Waals surface area contributed by atoms with Crippen molar-refractivity contribution in [1.82, 2.24) is 30.2 Å². The Morgan fingerprint density at radius 1 is 1.23 bits per heavy atom. The number of nitrogens with one attached hydrogen (secondary N) is 3. The molecule has 0 amide bonds. The summed E-state index contributed by atoms with van der Waals surface area (Å²) in [4.78, 5) is 12.2. The second kappa shape index (κ2) is 9.00. The molecule has 1 saturated heterocycles. The highest BCUT2D eigenvalue weighted by atomic mass is 19.4. The Kier molecular flexibility index (Phi) is 6.61. The third kappa shape index (κ3) is 5.08. The molecule has 4 N–H and O–H groups in total. The van der Waals surface area contributed by atoms with E-state index >= 15 is 0 Å². The topological polar surface area (TPSA) is 99.9 Å². The zero-order valence-electron chi connectivity index (χ0n) is 16.9. The average Bonchev–Trinajstić information content (AvgIpc) is 3.10. The molecule has 0 saturated carbocycles. The third-order valence-corrected chi connectivity index (χ3v) is 5.04. The summed E-state index contributed by atoms with van der Waals surface area (Å²) in [7, 11) is 0. The maximum atomic E-state index is 12.7. The van der Waals surface area contributed by atoms with Crippen LogP contribution >= 0.6 is 0 Å². The van der Waals surface area contributed by atoms with E-state index < -0.39 is 11.8 Å². The Bertz CT molecular complexity index is 859. The molecule has 11 heteroatoms. The number of aromatic nitrogens is 4. The van der Waals surface area contributed by atoms with Crippen LogP contribution in [0.3, 0.4) is 0 Å². The minimum Gasteiger partial charge on any atom is -0.377 e. The lowest BCUT2D eigenvalue weighted by Crippen LogP contribution is -2.49. The number of aryl methyl sites for hydroxylation is 1. The molecule has 0 radical (unpaired) electrons.